The molecule has 0 saturated heterocycles. The SMILES string of the molecule is CCCNCCNC(=O)c1ccc(S(=O)(=O)N(CC)c2ccccc2)cc1. The summed E-state index contributed by atoms with van der Waals surface area (Å²) in [5, 5.41) is 6.02. The number of para-hydroxylation sites is 1. The first-order chi connectivity index (χ1) is 13.0. The maximum absolute atomic E-state index is 12.9. The maximum atomic E-state index is 12.9. The predicted molar refractivity (Wildman–Crippen MR) is 109 cm³/mol. The van der Waals surface area contributed by atoms with Crippen LogP contribution in [-0.2, 0) is 10.0 Å². The van der Waals surface area contributed by atoms with Gasteiger partial charge in [0.25, 0.3) is 15.9 Å². The van der Waals surface area contributed by atoms with Crippen molar-refractivity contribution in [3.05, 3.63) is 60.2 Å². The van der Waals surface area contributed by atoms with Crippen LogP contribution in [0.1, 0.15) is 30.6 Å². The number of nitrogens with one attached hydrogen (secondary N) is 2. The van der Waals surface area contributed by atoms with Crippen molar-refractivity contribution in [2.45, 2.75) is 25.2 Å². The van der Waals surface area contributed by atoms with Crippen molar-refractivity contribution in [3.8, 4) is 0 Å². The molecule has 2 rings (SSSR count). The summed E-state index contributed by atoms with van der Waals surface area (Å²) in [6.07, 6.45) is 1.04. The number of hydrogen-bond donors (Lipinski definition) is 2. The van der Waals surface area contributed by atoms with Gasteiger partial charge >= 0.3 is 0 Å². The summed E-state index contributed by atoms with van der Waals surface area (Å²) in [4.78, 5) is 12.3. The van der Waals surface area contributed by atoms with E-state index in [4.69, 9.17) is 0 Å². The lowest BCUT2D eigenvalue weighted by molar-refractivity contribution is 0.0954. The molecule has 2 N–H and O–H groups in total. The minimum Gasteiger partial charge on any atom is -0.351 e. The Kier molecular flexibility index (Phi) is 7.82. The number of carbonyl (C=O) groups excluding carboxylic acids is 1. The van der Waals surface area contributed by atoms with Gasteiger partial charge in [-0.15, -0.1) is 0 Å². The van der Waals surface area contributed by atoms with Crippen LogP contribution in [0.25, 0.3) is 0 Å². The van der Waals surface area contributed by atoms with E-state index in [-0.39, 0.29) is 10.8 Å². The molecule has 0 bridgehead atoms. The van der Waals surface area contributed by atoms with Crippen molar-refractivity contribution < 1.29 is 13.2 Å². The second kappa shape index (κ2) is 10.1. The van der Waals surface area contributed by atoms with Crippen LogP contribution in [0, 0.1) is 0 Å². The monoisotopic (exact) mass is 389 g/mol. The molecule has 0 atom stereocenters. The summed E-state index contributed by atoms with van der Waals surface area (Å²) >= 11 is 0. The molecule has 0 spiro atoms. The zero-order chi connectivity index (χ0) is 19.7. The van der Waals surface area contributed by atoms with Crippen LogP contribution in [0.5, 0.6) is 0 Å². The van der Waals surface area contributed by atoms with Gasteiger partial charge in [0, 0.05) is 25.2 Å². The molecule has 0 radical (unpaired) electrons. The van der Waals surface area contributed by atoms with Gasteiger partial charge in [-0.2, -0.15) is 0 Å². The lowest BCUT2D eigenvalue weighted by Gasteiger charge is -2.23. The summed E-state index contributed by atoms with van der Waals surface area (Å²) in [5.74, 6) is -0.215. The van der Waals surface area contributed by atoms with E-state index in [1.165, 1.54) is 16.4 Å². The van der Waals surface area contributed by atoms with Crippen LogP contribution in [0.15, 0.2) is 59.5 Å². The smallest absolute Gasteiger partial charge is 0.264 e. The van der Waals surface area contributed by atoms with E-state index in [2.05, 4.69) is 17.6 Å². The average Bonchev–Trinajstić information content (AvgIpc) is 2.69. The van der Waals surface area contributed by atoms with E-state index in [0.717, 1.165) is 13.0 Å². The Morgan fingerprint density at radius 2 is 1.59 bits per heavy atom. The predicted octanol–water partition coefficient (Wildman–Crippen LogP) is 2.63. The third-order valence-corrected chi connectivity index (χ3v) is 5.97. The quantitative estimate of drug-likeness (QED) is 0.613. The van der Waals surface area contributed by atoms with Gasteiger partial charge in [-0.3, -0.25) is 9.10 Å². The molecule has 0 unspecified atom stereocenters. The zero-order valence-corrected chi connectivity index (χ0v) is 16.6. The summed E-state index contributed by atoms with van der Waals surface area (Å²) in [7, 11) is -3.68. The largest absolute Gasteiger partial charge is 0.351 e. The van der Waals surface area contributed by atoms with E-state index >= 15 is 0 Å². The van der Waals surface area contributed by atoms with Crippen molar-refractivity contribution in [2.75, 3.05) is 30.5 Å². The molecule has 2 aromatic carbocycles. The molecular weight excluding hydrogens is 362 g/mol. The number of benzene rings is 2. The normalized spacial score (nSPS) is 11.2. The molecular formula is C20H27N3O3S. The first kappa shape index (κ1) is 20.9. The summed E-state index contributed by atoms with van der Waals surface area (Å²) in [6.45, 7) is 6.33. The number of sulfonamides is 1. The fraction of sp³-hybridized carbons (Fsp3) is 0.350. The van der Waals surface area contributed by atoms with Crippen molar-refractivity contribution in [1.29, 1.82) is 0 Å². The molecule has 7 heteroatoms. The molecule has 146 valence electrons. The highest BCUT2D eigenvalue weighted by atomic mass is 32.2. The van der Waals surface area contributed by atoms with E-state index in [9.17, 15) is 13.2 Å². The topological polar surface area (TPSA) is 78.5 Å². The molecule has 0 fully saturated rings. The highest BCUT2D eigenvalue weighted by Crippen LogP contribution is 2.23. The molecule has 1 amide bonds. The molecule has 0 aliphatic rings. The Morgan fingerprint density at radius 3 is 2.19 bits per heavy atom. The second-order valence-electron chi connectivity index (χ2n) is 6.04. The summed E-state index contributed by atoms with van der Waals surface area (Å²) in [5.41, 5.74) is 1.05. The number of amides is 1. The minimum atomic E-state index is -3.68. The minimum absolute atomic E-state index is 0.161. The van der Waals surface area contributed by atoms with Crippen LogP contribution in [0.3, 0.4) is 0 Å². The van der Waals surface area contributed by atoms with Crippen LogP contribution in [0.4, 0.5) is 5.69 Å². The Bertz CT molecular complexity index is 821. The van der Waals surface area contributed by atoms with Crippen LogP contribution >= 0.6 is 0 Å². The highest BCUT2D eigenvalue weighted by Gasteiger charge is 2.23. The lowest BCUT2D eigenvalue weighted by atomic mass is 10.2. The van der Waals surface area contributed by atoms with Crippen LogP contribution in [-0.4, -0.2) is 40.5 Å². The zero-order valence-electron chi connectivity index (χ0n) is 15.8. The van der Waals surface area contributed by atoms with Gasteiger partial charge in [-0.25, -0.2) is 8.42 Å². The van der Waals surface area contributed by atoms with Gasteiger partial charge in [0.05, 0.1) is 10.6 Å². The lowest BCUT2D eigenvalue weighted by Crippen LogP contribution is -2.32. The molecule has 0 aromatic heterocycles. The Labute approximate surface area is 161 Å². The third kappa shape index (κ3) is 5.55. The number of carbonyl (C=O) groups is 1. The second-order valence-corrected chi connectivity index (χ2v) is 7.90. The van der Waals surface area contributed by atoms with Crippen molar-refractivity contribution >= 4 is 21.6 Å². The fourth-order valence-corrected chi connectivity index (χ4v) is 4.13. The first-order valence-electron chi connectivity index (χ1n) is 9.17. The van der Waals surface area contributed by atoms with Crippen molar-refractivity contribution in [2.24, 2.45) is 0 Å². The maximum Gasteiger partial charge on any atom is 0.264 e. The first-order valence-corrected chi connectivity index (χ1v) is 10.6. The highest BCUT2D eigenvalue weighted by molar-refractivity contribution is 7.92. The number of rotatable bonds is 10. The van der Waals surface area contributed by atoms with E-state index in [0.29, 0.717) is 30.9 Å². The Balaban J connectivity index is 2.08. The van der Waals surface area contributed by atoms with Crippen LogP contribution in [0.2, 0.25) is 0 Å². The molecule has 6 nitrogen and oxygen atoms in total. The molecule has 0 aliphatic heterocycles. The molecule has 2 aromatic rings. The van der Waals surface area contributed by atoms with Crippen molar-refractivity contribution in [3.63, 3.8) is 0 Å². The van der Waals surface area contributed by atoms with E-state index < -0.39 is 10.0 Å². The molecule has 0 saturated carbocycles. The molecule has 0 aliphatic carbocycles. The fourth-order valence-electron chi connectivity index (χ4n) is 2.66. The van der Waals surface area contributed by atoms with Gasteiger partial charge in [0.1, 0.15) is 0 Å². The van der Waals surface area contributed by atoms with E-state index in [1.807, 2.05) is 6.07 Å². The number of anilines is 1. The Morgan fingerprint density at radius 1 is 0.926 bits per heavy atom. The number of hydrogen-bond acceptors (Lipinski definition) is 4. The van der Waals surface area contributed by atoms with Crippen LogP contribution < -0.4 is 14.9 Å². The standard InChI is InChI=1S/C20H27N3O3S/c1-3-14-21-15-16-22-20(24)17-10-12-19(13-11-17)27(25,26)23(4-2)18-8-6-5-7-9-18/h5-13,21H,3-4,14-16H2,1-2H3,(H,22,24). The van der Waals surface area contributed by atoms with Gasteiger partial charge in [-0.05, 0) is 56.3 Å². The number of nitrogens with zero attached hydrogens (tertiary/aromatic N) is 1. The van der Waals surface area contributed by atoms with Crippen molar-refractivity contribution in [1.82, 2.24) is 10.6 Å². The van der Waals surface area contributed by atoms with Gasteiger partial charge in [-0.1, -0.05) is 25.1 Å². The molecule has 27 heavy (non-hydrogen) atoms. The average molecular weight is 390 g/mol. The Hall–Kier alpha value is -2.38. The van der Waals surface area contributed by atoms with Gasteiger partial charge < -0.3 is 10.6 Å². The van der Waals surface area contributed by atoms with Gasteiger partial charge in [0.2, 0.25) is 0 Å². The van der Waals surface area contributed by atoms with E-state index in [1.54, 1.807) is 43.3 Å². The molecule has 0 heterocycles. The summed E-state index contributed by atoms with van der Waals surface area (Å²) in [6, 6.07) is 15.0. The summed E-state index contributed by atoms with van der Waals surface area (Å²) < 4.78 is 27.2. The van der Waals surface area contributed by atoms with Gasteiger partial charge in [0.15, 0.2) is 0 Å². The third-order valence-electron chi connectivity index (χ3n) is 4.05.